The van der Waals surface area contributed by atoms with Crippen molar-refractivity contribution in [3.05, 3.63) is 40.9 Å². The molecule has 2 aromatic rings. The second-order valence-corrected chi connectivity index (χ2v) is 6.24. The molecule has 1 aromatic heterocycles. The molecule has 26 heavy (non-hydrogen) atoms. The van der Waals surface area contributed by atoms with Gasteiger partial charge in [-0.05, 0) is 31.9 Å². The number of rotatable bonds is 7. The molecule has 2 N–H and O–H groups in total. The number of hydrogen-bond donors (Lipinski definition) is 2. The molecule has 8 nitrogen and oxygen atoms in total. The van der Waals surface area contributed by atoms with Crippen LogP contribution in [-0.2, 0) is 4.74 Å². The molecule has 1 aromatic carbocycles. The molecule has 0 bridgehead atoms. The molecule has 138 valence electrons. The SMILES string of the molecule is CCOC(=O)NCCNC(=O)c1nc(C2CC2)n(-c2ccccc2Cl)n1. The fourth-order valence-corrected chi connectivity index (χ4v) is 2.64. The van der Waals surface area contributed by atoms with Gasteiger partial charge in [0, 0.05) is 19.0 Å². The summed E-state index contributed by atoms with van der Waals surface area (Å²) in [6, 6.07) is 7.31. The Morgan fingerprint density at radius 3 is 2.69 bits per heavy atom. The van der Waals surface area contributed by atoms with Gasteiger partial charge in [-0.3, -0.25) is 4.79 Å². The minimum absolute atomic E-state index is 0.0861. The summed E-state index contributed by atoms with van der Waals surface area (Å²) in [7, 11) is 0. The van der Waals surface area contributed by atoms with Gasteiger partial charge >= 0.3 is 6.09 Å². The van der Waals surface area contributed by atoms with Crippen LogP contribution in [0, 0.1) is 0 Å². The number of nitrogens with zero attached hydrogens (tertiary/aromatic N) is 3. The van der Waals surface area contributed by atoms with Crippen molar-refractivity contribution in [3.63, 3.8) is 0 Å². The van der Waals surface area contributed by atoms with Gasteiger partial charge in [-0.25, -0.2) is 14.5 Å². The van der Waals surface area contributed by atoms with E-state index in [1.54, 1.807) is 17.7 Å². The Labute approximate surface area is 155 Å². The van der Waals surface area contributed by atoms with Gasteiger partial charge in [0.2, 0.25) is 5.82 Å². The van der Waals surface area contributed by atoms with Crippen LogP contribution in [0.1, 0.15) is 42.1 Å². The van der Waals surface area contributed by atoms with Gasteiger partial charge in [-0.1, -0.05) is 23.7 Å². The van der Waals surface area contributed by atoms with Crippen molar-refractivity contribution in [1.82, 2.24) is 25.4 Å². The predicted molar refractivity (Wildman–Crippen MR) is 95.7 cm³/mol. The number of para-hydroxylation sites is 1. The molecule has 1 fully saturated rings. The van der Waals surface area contributed by atoms with Crippen LogP contribution in [0.5, 0.6) is 0 Å². The highest BCUT2D eigenvalue weighted by molar-refractivity contribution is 6.32. The number of carbonyl (C=O) groups is 2. The molecule has 1 aliphatic carbocycles. The lowest BCUT2D eigenvalue weighted by molar-refractivity contribution is 0.0942. The quantitative estimate of drug-likeness (QED) is 0.721. The first-order chi connectivity index (χ1) is 12.6. The number of nitrogens with one attached hydrogen (secondary N) is 2. The summed E-state index contributed by atoms with van der Waals surface area (Å²) < 4.78 is 6.39. The number of carbonyl (C=O) groups excluding carboxylic acids is 2. The van der Waals surface area contributed by atoms with Gasteiger partial charge in [-0.15, -0.1) is 5.10 Å². The van der Waals surface area contributed by atoms with E-state index in [-0.39, 0.29) is 18.9 Å². The van der Waals surface area contributed by atoms with Crippen LogP contribution in [0.4, 0.5) is 4.79 Å². The zero-order valence-electron chi connectivity index (χ0n) is 14.4. The Bertz CT molecular complexity index is 803. The summed E-state index contributed by atoms with van der Waals surface area (Å²) in [5, 5.41) is 10.1. The molecule has 0 aliphatic heterocycles. The minimum atomic E-state index is -0.515. The second-order valence-electron chi connectivity index (χ2n) is 5.83. The Kier molecular flexibility index (Phi) is 5.72. The van der Waals surface area contributed by atoms with Gasteiger partial charge in [0.05, 0.1) is 17.3 Å². The summed E-state index contributed by atoms with van der Waals surface area (Å²) in [6.45, 7) is 2.52. The Balaban J connectivity index is 1.67. The summed E-state index contributed by atoms with van der Waals surface area (Å²) in [6.07, 6.45) is 1.53. The molecule has 2 amide bonds. The molecular formula is C17H20ClN5O3. The maximum absolute atomic E-state index is 12.3. The van der Waals surface area contributed by atoms with Crippen molar-refractivity contribution in [2.24, 2.45) is 0 Å². The van der Waals surface area contributed by atoms with Gasteiger partial charge in [0.1, 0.15) is 5.82 Å². The number of ether oxygens (including phenoxy) is 1. The molecule has 0 saturated heterocycles. The molecule has 0 unspecified atom stereocenters. The van der Waals surface area contributed by atoms with E-state index in [0.29, 0.717) is 23.2 Å². The topological polar surface area (TPSA) is 98.1 Å². The molecule has 0 spiro atoms. The Hall–Kier alpha value is -2.61. The largest absolute Gasteiger partial charge is 0.450 e. The maximum atomic E-state index is 12.3. The van der Waals surface area contributed by atoms with Crippen molar-refractivity contribution in [2.75, 3.05) is 19.7 Å². The van der Waals surface area contributed by atoms with E-state index in [1.165, 1.54) is 0 Å². The van der Waals surface area contributed by atoms with Crippen LogP contribution in [0.15, 0.2) is 24.3 Å². The van der Waals surface area contributed by atoms with Crippen molar-refractivity contribution in [3.8, 4) is 5.69 Å². The Morgan fingerprint density at radius 1 is 1.27 bits per heavy atom. The maximum Gasteiger partial charge on any atom is 0.407 e. The Morgan fingerprint density at radius 2 is 2.00 bits per heavy atom. The molecule has 1 aliphatic rings. The van der Waals surface area contributed by atoms with E-state index in [2.05, 4.69) is 20.7 Å². The summed E-state index contributed by atoms with van der Waals surface area (Å²) >= 11 is 6.26. The molecule has 3 rings (SSSR count). The third-order valence-corrected chi connectivity index (χ3v) is 4.13. The lowest BCUT2D eigenvalue weighted by Crippen LogP contribution is -2.35. The summed E-state index contributed by atoms with van der Waals surface area (Å²) in [5.41, 5.74) is 0.701. The standard InChI is InChI=1S/C17H20ClN5O3/c1-2-26-17(25)20-10-9-19-16(24)14-21-15(11-7-8-11)23(22-14)13-6-4-3-5-12(13)18/h3-6,11H,2,7-10H2,1H3,(H,19,24)(H,20,25). The van der Waals surface area contributed by atoms with E-state index in [1.807, 2.05) is 18.2 Å². The molecule has 9 heteroatoms. The highest BCUT2D eigenvalue weighted by atomic mass is 35.5. The highest BCUT2D eigenvalue weighted by Crippen LogP contribution is 2.40. The van der Waals surface area contributed by atoms with Crippen molar-refractivity contribution in [1.29, 1.82) is 0 Å². The summed E-state index contributed by atoms with van der Waals surface area (Å²) in [5.74, 6) is 0.727. The van der Waals surface area contributed by atoms with E-state index in [0.717, 1.165) is 18.7 Å². The monoisotopic (exact) mass is 377 g/mol. The number of alkyl carbamates (subject to hydrolysis) is 1. The van der Waals surface area contributed by atoms with Crippen LogP contribution in [-0.4, -0.2) is 46.5 Å². The van der Waals surface area contributed by atoms with E-state index in [9.17, 15) is 9.59 Å². The van der Waals surface area contributed by atoms with Crippen LogP contribution in [0.3, 0.4) is 0 Å². The number of amides is 2. The zero-order valence-corrected chi connectivity index (χ0v) is 15.1. The minimum Gasteiger partial charge on any atom is -0.450 e. The molecule has 1 heterocycles. The van der Waals surface area contributed by atoms with Gasteiger partial charge in [-0.2, -0.15) is 0 Å². The van der Waals surface area contributed by atoms with Crippen molar-refractivity contribution < 1.29 is 14.3 Å². The smallest absolute Gasteiger partial charge is 0.407 e. The second kappa shape index (κ2) is 8.18. The third kappa shape index (κ3) is 4.32. The van der Waals surface area contributed by atoms with Crippen LogP contribution in [0.25, 0.3) is 5.69 Å². The molecule has 0 radical (unpaired) electrons. The molecule has 1 saturated carbocycles. The van der Waals surface area contributed by atoms with E-state index >= 15 is 0 Å². The number of halogens is 1. The first kappa shape index (κ1) is 18.2. The molecule has 0 atom stereocenters. The van der Waals surface area contributed by atoms with Gasteiger partial charge in [0.25, 0.3) is 5.91 Å². The van der Waals surface area contributed by atoms with Crippen LogP contribution < -0.4 is 10.6 Å². The average molecular weight is 378 g/mol. The third-order valence-electron chi connectivity index (χ3n) is 3.81. The van der Waals surface area contributed by atoms with Crippen molar-refractivity contribution >= 4 is 23.6 Å². The first-order valence-electron chi connectivity index (χ1n) is 8.50. The van der Waals surface area contributed by atoms with Crippen LogP contribution in [0.2, 0.25) is 5.02 Å². The number of aromatic nitrogens is 3. The zero-order chi connectivity index (χ0) is 18.5. The van der Waals surface area contributed by atoms with E-state index < -0.39 is 12.0 Å². The molecular weight excluding hydrogens is 358 g/mol. The lowest BCUT2D eigenvalue weighted by Gasteiger charge is -2.06. The van der Waals surface area contributed by atoms with Crippen molar-refractivity contribution in [2.45, 2.75) is 25.7 Å². The number of benzene rings is 1. The summed E-state index contributed by atoms with van der Waals surface area (Å²) in [4.78, 5) is 27.9. The first-order valence-corrected chi connectivity index (χ1v) is 8.88. The lowest BCUT2D eigenvalue weighted by atomic mass is 10.3. The van der Waals surface area contributed by atoms with Crippen LogP contribution >= 0.6 is 11.6 Å². The number of hydrogen-bond acceptors (Lipinski definition) is 5. The van der Waals surface area contributed by atoms with Gasteiger partial charge < -0.3 is 15.4 Å². The highest BCUT2D eigenvalue weighted by Gasteiger charge is 2.31. The predicted octanol–water partition coefficient (Wildman–Crippen LogP) is 2.27. The van der Waals surface area contributed by atoms with E-state index in [4.69, 9.17) is 16.3 Å². The fourth-order valence-electron chi connectivity index (χ4n) is 2.43. The average Bonchev–Trinajstić information content (AvgIpc) is 3.38. The van der Waals surface area contributed by atoms with Gasteiger partial charge in [0.15, 0.2) is 0 Å². The normalized spacial score (nSPS) is 13.3. The fraction of sp³-hybridized carbons (Fsp3) is 0.412.